The second-order valence-corrected chi connectivity index (χ2v) is 3.99. The minimum Gasteiger partial charge on any atom is -0.478 e. The molecule has 1 rings (SSSR count). The summed E-state index contributed by atoms with van der Waals surface area (Å²) in [6.45, 7) is 1.51. The van der Waals surface area contributed by atoms with Crippen molar-refractivity contribution in [3.63, 3.8) is 0 Å². The lowest BCUT2D eigenvalue weighted by atomic mass is 10.1. The highest BCUT2D eigenvalue weighted by molar-refractivity contribution is 5.85. The van der Waals surface area contributed by atoms with E-state index in [0.29, 0.717) is 0 Å². The van der Waals surface area contributed by atoms with Gasteiger partial charge >= 0.3 is 5.97 Å². The van der Waals surface area contributed by atoms with Gasteiger partial charge < -0.3 is 15.7 Å². The van der Waals surface area contributed by atoms with Crippen molar-refractivity contribution in [2.24, 2.45) is 5.73 Å². The van der Waals surface area contributed by atoms with Gasteiger partial charge in [-0.05, 0) is 30.7 Å². The Morgan fingerprint density at radius 3 is 2.30 bits per heavy atom. The number of carbonyl (C=O) groups excluding carboxylic acids is 1. The average Bonchev–Trinajstić information content (AvgIpc) is 2.33. The standard InChI is InChI=1S/C13H14F2N2O3/c1-2-17(7-11(16)18)13-9(14)5-8(6-10(13)15)3-4-12(19)20/h3-6H,2,7H2,1H3,(H2,16,18)(H,19,20)/b4-3+. The maximum atomic E-state index is 13.9. The highest BCUT2D eigenvalue weighted by Gasteiger charge is 2.18. The fraction of sp³-hybridized carbons (Fsp3) is 0.231. The maximum Gasteiger partial charge on any atom is 0.328 e. The Morgan fingerprint density at radius 2 is 1.90 bits per heavy atom. The van der Waals surface area contributed by atoms with Crippen molar-refractivity contribution in [3.05, 3.63) is 35.4 Å². The molecule has 1 amide bonds. The predicted molar refractivity (Wildman–Crippen MR) is 70.1 cm³/mol. The van der Waals surface area contributed by atoms with Crippen LogP contribution in [0.5, 0.6) is 0 Å². The van der Waals surface area contributed by atoms with E-state index >= 15 is 0 Å². The number of nitrogens with two attached hydrogens (primary N) is 1. The van der Waals surface area contributed by atoms with Crippen LogP contribution in [0.3, 0.4) is 0 Å². The molecule has 0 radical (unpaired) electrons. The van der Waals surface area contributed by atoms with E-state index in [1.807, 2.05) is 0 Å². The highest BCUT2D eigenvalue weighted by atomic mass is 19.1. The lowest BCUT2D eigenvalue weighted by molar-refractivity contribution is -0.131. The second kappa shape index (κ2) is 6.65. The molecule has 0 bridgehead atoms. The molecule has 0 aliphatic rings. The number of hydrogen-bond donors (Lipinski definition) is 2. The van der Waals surface area contributed by atoms with Crippen molar-refractivity contribution in [2.45, 2.75) is 6.92 Å². The number of hydrogen-bond acceptors (Lipinski definition) is 3. The van der Waals surface area contributed by atoms with Gasteiger partial charge in [0.25, 0.3) is 0 Å². The van der Waals surface area contributed by atoms with Gasteiger partial charge in [0.05, 0.1) is 6.54 Å². The minimum atomic E-state index is -1.22. The zero-order valence-electron chi connectivity index (χ0n) is 10.8. The molecule has 0 heterocycles. The first kappa shape index (κ1) is 15.6. The molecular weight excluding hydrogens is 270 g/mol. The molecule has 0 aromatic heterocycles. The van der Waals surface area contributed by atoms with Crippen LogP contribution in [0.15, 0.2) is 18.2 Å². The number of halogens is 2. The molecule has 0 saturated heterocycles. The van der Waals surface area contributed by atoms with Crippen molar-refractivity contribution >= 4 is 23.6 Å². The van der Waals surface area contributed by atoms with E-state index < -0.39 is 23.5 Å². The number of nitrogens with zero attached hydrogens (tertiary/aromatic N) is 1. The lowest BCUT2D eigenvalue weighted by Crippen LogP contribution is -2.34. The van der Waals surface area contributed by atoms with Crippen molar-refractivity contribution in [2.75, 3.05) is 18.0 Å². The molecule has 0 spiro atoms. The predicted octanol–water partition coefficient (Wildman–Crippen LogP) is 1.37. The lowest BCUT2D eigenvalue weighted by Gasteiger charge is -2.22. The fourth-order valence-corrected chi connectivity index (χ4v) is 1.69. The summed E-state index contributed by atoms with van der Waals surface area (Å²) >= 11 is 0. The third-order valence-corrected chi connectivity index (χ3v) is 2.50. The van der Waals surface area contributed by atoms with Crippen molar-refractivity contribution in [1.82, 2.24) is 0 Å². The number of carbonyl (C=O) groups is 2. The van der Waals surface area contributed by atoms with Gasteiger partial charge in [0.2, 0.25) is 5.91 Å². The number of aliphatic carboxylic acids is 1. The van der Waals surface area contributed by atoms with Gasteiger partial charge in [-0.1, -0.05) is 0 Å². The Labute approximate surface area is 114 Å². The van der Waals surface area contributed by atoms with Crippen LogP contribution >= 0.6 is 0 Å². The van der Waals surface area contributed by atoms with Gasteiger partial charge in [0.15, 0.2) is 0 Å². The Kier molecular flexibility index (Phi) is 5.19. The summed E-state index contributed by atoms with van der Waals surface area (Å²) in [4.78, 5) is 22.4. The van der Waals surface area contributed by atoms with Gasteiger partial charge in [-0.25, -0.2) is 13.6 Å². The third-order valence-electron chi connectivity index (χ3n) is 2.50. The van der Waals surface area contributed by atoms with Crippen LogP contribution in [0.1, 0.15) is 12.5 Å². The van der Waals surface area contributed by atoms with E-state index in [0.717, 1.165) is 29.2 Å². The summed E-state index contributed by atoms with van der Waals surface area (Å²) in [6.07, 6.45) is 1.84. The smallest absolute Gasteiger partial charge is 0.328 e. The molecule has 1 aromatic carbocycles. The molecule has 0 aliphatic heterocycles. The zero-order chi connectivity index (χ0) is 15.3. The normalized spacial score (nSPS) is 10.8. The number of carboxylic acid groups (broad SMARTS) is 1. The molecule has 3 N–H and O–H groups in total. The van der Waals surface area contributed by atoms with Crippen LogP contribution < -0.4 is 10.6 Å². The summed E-state index contributed by atoms with van der Waals surface area (Å²) in [5.41, 5.74) is 4.72. The summed E-state index contributed by atoms with van der Waals surface area (Å²) in [7, 11) is 0. The van der Waals surface area contributed by atoms with E-state index in [1.54, 1.807) is 6.92 Å². The molecule has 20 heavy (non-hydrogen) atoms. The van der Waals surface area contributed by atoms with E-state index in [1.165, 1.54) is 0 Å². The van der Waals surface area contributed by atoms with Crippen LogP contribution in [-0.2, 0) is 9.59 Å². The van der Waals surface area contributed by atoms with Crippen LogP contribution in [0.25, 0.3) is 6.08 Å². The molecule has 0 aliphatic carbocycles. The number of carboxylic acids is 1. The number of likely N-dealkylation sites (N-methyl/N-ethyl adjacent to an activating group) is 1. The van der Waals surface area contributed by atoms with E-state index in [2.05, 4.69) is 0 Å². The molecule has 5 nitrogen and oxygen atoms in total. The van der Waals surface area contributed by atoms with E-state index in [9.17, 15) is 18.4 Å². The van der Waals surface area contributed by atoms with Crippen LogP contribution in [0, 0.1) is 11.6 Å². The number of rotatable bonds is 6. The van der Waals surface area contributed by atoms with E-state index in [4.69, 9.17) is 10.8 Å². The Morgan fingerprint density at radius 1 is 1.35 bits per heavy atom. The molecule has 0 atom stereocenters. The second-order valence-electron chi connectivity index (χ2n) is 3.99. The first-order chi connectivity index (χ1) is 9.35. The third kappa shape index (κ3) is 4.04. The topological polar surface area (TPSA) is 83.6 Å². The summed E-state index contributed by atoms with van der Waals surface area (Å²) in [5.74, 6) is -3.71. The Hall–Kier alpha value is -2.44. The van der Waals surface area contributed by atoms with Crippen LogP contribution in [0.4, 0.5) is 14.5 Å². The molecule has 108 valence electrons. The molecule has 0 unspecified atom stereocenters. The van der Waals surface area contributed by atoms with Crippen LogP contribution in [0.2, 0.25) is 0 Å². The number of primary amides is 1. The van der Waals surface area contributed by atoms with Crippen LogP contribution in [-0.4, -0.2) is 30.1 Å². The molecule has 0 saturated carbocycles. The van der Waals surface area contributed by atoms with Gasteiger partial charge in [-0.15, -0.1) is 0 Å². The van der Waals surface area contributed by atoms with Gasteiger partial charge in [-0.2, -0.15) is 0 Å². The fourth-order valence-electron chi connectivity index (χ4n) is 1.69. The van der Waals surface area contributed by atoms with Crippen molar-refractivity contribution in [1.29, 1.82) is 0 Å². The maximum absolute atomic E-state index is 13.9. The molecular formula is C13H14F2N2O3. The first-order valence-electron chi connectivity index (χ1n) is 5.78. The Balaban J connectivity index is 3.16. The molecule has 7 heteroatoms. The largest absolute Gasteiger partial charge is 0.478 e. The minimum absolute atomic E-state index is 0.0706. The number of benzene rings is 1. The zero-order valence-corrected chi connectivity index (χ0v) is 10.8. The summed E-state index contributed by atoms with van der Waals surface area (Å²) < 4.78 is 27.8. The van der Waals surface area contributed by atoms with Crippen molar-refractivity contribution in [3.8, 4) is 0 Å². The van der Waals surface area contributed by atoms with E-state index in [-0.39, 0.29) is 24.3 Å². The monoisotopic (exact) mass is 284 g/mol. The SMILES string of the molecule is CCN(CC(N)=O)c1c(F)cc(/C=C/C(=O)O)cc1F. The average molecular weight is 284 g/mol. The van der Waals surface area contributed by atoms with Crippen molar-refractivity contribution < 1.29 is 23.5 Å². The Bertz CT molecular complexity index is 536. The first-order valence-corrected chi connectivity index (χ1v) is 5.78. The molecule has 0 fully saturated rings. The number of anilines is 1. The summed E-state index contributed by atoms with van der Waals surface area (Å²) in [6, 6.07) is 1.98. The van der Waals surface area contributed by atoms with Gasteiger partial charge in [0.1, 0.15) is 17.3 Å². The van der Waals surface area contributed by atoms with Gasteiger partial charge in [0, 0.05) is 12.6 Å². The highest BCUT2D eigenvalue weighted by Crippen LogP contribution is 2.25. The quantitative estimate of drug-likeness (QED) is 0.773. The molecule has 1 aromatic rings. The summed E-state index contributed by atoms with van der Waals surface area (Å²) in [5, 5.41) is 8.46. The number of amides is 1. The van der Waals surface area contributed by atoms with Gasteiger partial charge in [-0.3, -0.25) is 4.79 Å².